The highest BCUT2D eigenvalue weighted by molar-refractivity contribution is 5.99. The summed E-state index contributed by atoms with van der Waals surface area (Å²) < 4.78 is 29.7. The lowest BCUT2D eigenvalue weighted by molar-refractivity contribution is 0.0694. The number of nitrogens with zero attached hydrogens (tertiary/aromatic N) is 3. The van der Waals surface area contributed by atoms with Crippen LogP contribution in [0.15, 0.2) is 42.7 Å². The van der Waals surface area contributed by atoms with Crippen molar-refractivity contribution in [2.45, 2.75) is 25.9 Å². The quantitative estimate of drug-likeness (QED) is 0.512. The molecule has 0 aliphatic heterocycles. The van der Waals surface area contributed by atoms with Crippen LogP contribution in [0.1, 0.15) is 29.8 Å². The van der Waals surface area contributed by atoms with Crippen molar-refractivity contribution in [1.82, 2.24) is 20.1 Å². The van der Waals surface area contributed by atoms with E-state index < -0.39 is 17.3 Å². The number of carbonyl (C=O) groups is 1. The number of rotatable bonds is 8. The summed E-state index contributed by atoms with van der Waals surface area (Å²) >= 11 is 0. The molecule has 164 valence electrons. The van der Waals surface area contributed by atoms with Gasteiger partial charge in [-0.15, -0.1) is 0 Å². The smallest absolute Gasteiger partial charge is 0.255 e. The van der Waals surface area contributed by atoms with Crippen LogP contribution in [0.4, 0.5) is 14.6 Å². The number of pyridine rings is 1. The number of aromatic nitrogens is 3. The fraction of sp³-hybridized carbons (Fsp3) is 0.318. The lowest BCUT2D eigenvalue weighted by Crippen LogP contribution is -2.38. The molecule has 3 rings (SSSR count). The molecule has 9 heteroatoms. The molecule has 31 heavy (non-hydrogen) atoms. The molecule has 0 saturated heterocycles. The van der Waals surface area contributed by atoms with Crippen molar-refractivity contribution in [3.63, 3.8) is 0 Å². The maximum atomic E-state index is 14.8. The summed E-state index contributed by atoms with van der Waals surface area (Å²) in [5.74, 6) is -1.38. The molecule has 0 fully saturated rings. The SMILES string of the molecule is Cn1cc(-c2nc(NCCc3cccc(F)c3)c(C(=O)NCC(C)(C)O)cc2F)cn1. The molecule has 0 radical (unpaired) electrons. The van der Waals surface area contributed by atoms with Crippen molar-refractivity contribution in [3.05, 3.63) is 65.5 Å². The first-order valence-electron chi connectivity index (χ1n) is 9.81. The van der Waals surface area contributed by atoms with E-state index in [4.69, 9.17) is 0 Å². The van der Waals surface area contributed by atoms with Gasteiger partial charge in [0.05, 0.1) is 17.4 Å². The number of anilines is 1. The third kappa shape index (κ3) is 6.08. The first-order valence-corrected chi connectivity index (χ1v) is 9.81. The zero-order valence-electron chi connectivity index (χ0n) is 17.6. The average molecular weight is 429 g/mol. The van der Waals surface area contributed by atoms with E-state index in [1.165, 1.54) is 23.0 Å². The molecule has 3 aromatic rings. The highest BCUT2D eigenvalue weighted by atomic mass is 19.1. The highest BCUT2D eigenvalue weighted by Crippen LogP contribution is 2.25. The largest absolute Gasteiger partial charge is 0.389 e. The van der Waals surface area contributed by atoms with Gasteiger partial charge in [0.2, 0.25) is 0 Å². The Morgan fingerprint density at radius 2 is 2.03 bits per heavy atom. The lowest BCUT2D eigenvalue weighted by Gasteiger charge is -2.19. The molecule has 0 spiro atoms. The molecule has 2 heterocycles. The van der Waals surface area contributed by atoms with Gasteiger partial charge < -0.3 is 15.7 Å². The molecule has 0 aliphatic rings. The van der Waals surface area contributed by atoms with Gasteiger partial charge >= 0.3 is 0 Å². The van der Waals surface area contributed by atoms with Gasteiger partial charge in [0.25, 0.3) is 5.91 Å². The molecule has 7 nitrogen and oxygen atoms in total. The van der Waals surface area contributed by atoms with Crippen LogP contribution in [-0.2, 0) is 13.5 Å². The molecule has 0 saturated carbocycles. The Hall–Kier alpha value is -3.33. The van der Waals surface area contributed by atoms with Crippen molar-refractivity contribution in [3.8, 4) is 11.3 Å². The van der Waals surface area contributed by atoms with E-state index in [0.717, 1.165) is 11.6 Å². The number of aliphatic hydroxyl groups is 1. The van der Waals surface area contributed by atoms with Crippen molar-refractivity contribution in [2.75, 3.05) is 18.4 Å². The first kappa shape index (κ1) is 22.4. The second-order valence-electron chi connectivity index (χ2n) is 7.92. The second kappa shape index (κ2) is 9.22. The zero-order valence-corrected chi connectivity index (χ0v) is 17.6. The predicted molar refractivity (Wildman–Crippen MR) is 114 cm³/mol. The number of hydrogen-bond donors (Lipinski definition) is 3. The molecule has 1 amide bonds. The summed E-state index contributed by atoms with van der Waals surface area (Å²) in [7, 11) is 1.71. The van der Waals surface area contributed by atoms with Crippen molar-refractivity contribution in [1.29, 1.82) is 0 Å². The fourth-order valence-corrected chi connectivity index (χ4v) is 2.95. The minimum atomic E-state index is -1.12. The van der Waals surface area contributed by atoms with Crippen LogP contribution in [0.3, 0.4) is 0 Å². The summed E-state index contributed by atoms with van der Waals surface area (Å²) in [6, 6.07) is 7.32. The molecule has 0 unspecified atom stereocenters. The van der Waals surface area contributed by atoms with Gasteiger partial charge in [-0.2, -0.15) is 5.10 Å². The minimum absolute atomic E-state index is 0.00799. The van der Waals surface area contributed by atoms with E-state index in [-0.39, 0.29) is 29.4 Å². The number of nitrogens with one attached hydrogen (secondary N) is 2. The second-order valence-corrected chi connectivity index (χ2v) is 7.92. The molecule has 0 bridgehead atoms. The Balaban J connectivity index is 1.87. The fourth-order valence-electron chi connectivity index (χ4n) is 2.95. The standard InChI is InChI=1S/C22H25F2N5O2/c1-22(2,31)13-26-21(30)17-10-18(24)19(15-11-27-29(3)12-15)28-20(17)25-8-7-14-5-4-6-16(23)9-14/h4-6,9-12,31H,7-8,13H2,1-3H3,(H,25,28)(H,26,30). The molecule has 1 aromatic carbocycles. The Bertz CT molecular complexity index is 1080. The number of halogens is 2. The molecule has 2 aromatic heterocycles. The number of hydrogen-bond acceptors (Lipinski definition) is 5. The number of aryl methyl sites for hydroxylation is 1. The van der Waals surface area contributed by atoms with Gasteiger partial charge in [-0.05, 0) is 44.0 Å². The molecular weight excluding hydrogens is 404 g/mol. The summed E-state index contributed by atoms with van der Waals surface area (Å²) in [4.78, 5) is 17.0. The Morgan fingerprint density at radius 1 is 1.26 bits per heavy atom. The van der Waals surface area contributed by atoms with Crippen LogP contribution in [0, 0.1) is 11.6 Å². The van der Waals surface area contributed by atoms with E-state index in [1.807, 2.05) is 0 Å². The summed E-state index contributed by atoms with van der Waals surface area (Å²) in [6.45, 7) is 3.44. The van der Waals surface area contributed by atoms with Crippen LogP contribution in [0.25, 0.3) is 11.3 Å². The monoisotopic (exact) mass is 429 g/mol. The maximum Gasteiger partial charge on any atom is 0.255 e. The average Bonchev–Trinajstić information content (AvgIpc) is 3.12. The molecule has 3 N–H and O–H groups in total. The predicted octanol–water partition coefficient (Wildman–Crippen LogP) is 2.92. The van der Waals surface area contributed by atoms with Crippen molar-refractivity contribution >= 4 is 11.7 Å². The van der Waals surface area contributed by atoms with Gasteiger partial charge in [-0.25, -0.2) is 13.8 Å². The number of carbonyl (C=O) groups excluding carboxylic acids is 1. The van der Waals surface area contributed by atoms with Gasteiger partial charge in [-0.1, -0.05) is 12.1 Å². The van der Waals surface area contributed by atoms with Crippen LogP contribution < -0.4 is 10.6 Å². The van der Waals surface area contributed by atoms with E-state index in [9.17, 15) is 18.7 Å². The highest BCUT2D eigenvalue weighted by Gasteiger charge is 2.21. The van der Waals surface area contributed by atoms with Gasteiger partial charge in [0.15, 0.2) is 5.82 Å². The molecule has 0 aliphatic carbocycles. The lowest BCUT2D eigenvalue weighted by atomic mass is 10.1. The first-order chi connectivity index (χ1) is 14.6. The van der Waals surface area contributed by atoms with Gasteiger partial charge in [-0.3, -0.25) is 9.48 Å². The Kier molecular flexibility index (Phi) is 6.65. The van der Waals surface area contributed by atoms with Crippen LogP contribution in [0.2, 0.25) is 0 Å². The van der Waals surface area contributed by atoms with Crippen molar-refractivity contribution in [2.24, 2.45) is 7.05 Å². The van der Waals surface area contributed by atoms with E-state index in [1.54, 1.807) is 39.2 Å². The summed E-state index contributed by atoms with van der Waals surface area (Å²) in [5.41, 5.74) is 0.184. The van der Waals surface area contributed by atoms with Gasteiger partial charge in [0.1, 0.15) is 17.3 Å². The number of benzene rings is 1. The van der Waals surface area contributed by atoms with E-state index >= 15 is 0 Å². The topological polar surface area (TPSA) is 92.1 Å². The Labute approximate surface area is 179 Å². The van der Waals surface area contributed by atoms with Crippen LogP contribution >= 0.6 is 0 Å². The zero-order chi connectivity index (χ0) is 22.6. The molecule has 0 atom stereocenters. The minimum Gasteiger partial charge on any atom is -0.389 e. The summed E-state index contributed by atoms with van der Waals surface area (Å²) in [6.07, 6.45) is 3.58. The van der Waals surface area contributed by atoms with Crippen LogP contribution in [-0.4, -0.2) is 44.5 Å². The van der Waals surface area contributed by atoms with Crippen LogP contribution in [0.5, 0.6) is 0 Å². The Morgan fingerprint density at radius 3 is 2.68 bits per heavy atom. The normalized spacial score (nSPS) is 11.4. The molecular formula is C22H25F2N5O2. The summed E-state index contributed by atoms with van der Waals surface area (Å²) in [5, 5.41) is 19.5. The van der Waals surface area contributed by atoms with E-state index in [2.05, 4.69) is 20.7 Å². The van der Waals surface area contributed by atoms with Crippen molar-refractivity contribution < 1.29 is 18.7 Å². The third-order valence-corrected chi connectivity index (χ3v) is 4.48. The van der Waals surface area contributed by atoms with Gasteiger partial charge in [0, 0.05) is 31.9 Å². The maximum absolute atomic E-state index is 14.8. The van der Waals surface area contributed by atoms with E-state index in [0.29, 0.717) is 18.5 Å². The third-order valence-electron chi connectivity index (χ3n) is 4.48. The number of amides is 1.